The number of hydrogen-bond acceptors (Lipinski definition) is 8. The fourth-order valence-corrected chi connectivity index (χ4v) is 4.31. The molecular weight excluding hydrogens is 524 g/mol. The van der Waals surface area contributed by atoms with Crippen LogP contribution in [0.3, 0.4) is 0 Å². The zero-order valence-electron chi connectivity index (χ0n) is 22.3. The molecule has 1 aromatic carbocycles. The summed E-state index contributed by atoms with van der Waals surface area (Å²) in [4.78, 5) is 57.8. The van der Waals surface area contributed by atoms with Crippen molar-refractivity contribution in [2.75, 3.05) is 12.0 Å². The minimum absolute atomic E-state index is 0.0163. The highest BCUT2D eigenvalue weighted by Crippen LogP contribution is 2.13. The number of nitrogens with two attached hydrogens (primary N) is 1. The summed E-state index contributed by atoms with van der Waals surface area (Å²) in [7, 11) is 0. The Labute approximate surface area is 231 Å². The van der Waals surface area contributed by atoms with Crippen LogP contribution in [-0.4, -0.2) is 80.0 Å². The molecule has 3 amide bonds. The van der Waals surface area contributed by atoms with Gasteiger partial charge in [-0.25, -0.2) is 9.78 Å². The van der Waals surface area contributed by atoms with E-state index in [1.54, 1.807) is 12.1 Å². The molecule has 8 N–H and O–H groups in total. The molecule has 4 atom stereocenters. The van der Waals surface area contributed by atoms with Crippen LogP contribution in [-0.2, 0) is 32.0 Å². The van der Waals surface area contributed by atoms with Crippen molar-refractivity contribution < 1.29 is 29.4 Å². The Morgan fingerprint density at radius 2 is 1.59 bits per heavy atom. The predicted octanol–water partition coefficient (Wildman–Crippen LogP) is 0.566. The molecule has 2 rings (SSSR count). The first-order valence-electron chi connectivity index (χ1n) is 12.6. The van der Waals surface area contributed by atoms with Crippen LogP contribution in [0.1, 0.15) is 37.9 Å². The van der Waals surface area contributed by atoms with Gasteiger partial charge < -0.3 is 36.9 Å². The number of phenolic OH excluding ortho intramolecular Hbond substituents is 1. The van der Waals surface area contributed by atoms with Gasteiger partial charge in [0.25, 0.3) is 0 Å². The SMILES string of the molecule is CSCCC(NC(=O)C(Cc1ccc(O)cc1)NC(=O)C(N)CC(C)C)C(=O)NC(Cc1cnc[nH]1)C(=O)O. The van der Waals surface area contributed by atoms with Crippen molar-refractivity contribution in [3.05, 3.63) is 48.0 Å². The van der Waals surface area contributed by atoms with Crippen LogP contribution >= 0.6 is 11.8 Å². The number of thioether (sulfide) groups is 1. The number of H-pyrrole nitrogens is 1. The number of aromatic hydroxyl groups is 1. The molecule has 12 nitrogen and oxygen atoms in total. The summed E-state index contributed by atoms with van der Waals surface area (Å²) >= 11 is 1.47. The van der Waals surface area contributed by atoms with Gasteiger partial charge in [-0.1, -0.05) is 26.0 Å². The number of amides is 3. The molecule has 13 heteroatoms. The highest BCUT2D eigenvalue weighted by atomic mass is 32.2. The van der Waals surface area contributed by atoms with Crippen LogP contribution < -0.4 is 21.7 Å². The molecule has 4 unspecified atom stereocenters. The lowest BCUT2D eigenvalue weighted by atomic mass is 10.0. The van der Waals surface area contributed by atoms with E-state index in [9.17, 15) is 29.4 Å². The lowest BCUT2D eigenvalue weighted by Crippen LogP contribution is -2.58. The Kier molecular flexibility index (Phi) is 12.8. The van der Waals surface area contributed by atoms with Crippen LogP contribution in [0.5, 0.6) is 5.75 Å². The first kappa shape index (κ1) is 31.6. The van der Waals surface area contributed by atoms with Crippen LogP contribution in [0.4, 0.5) is 0 Å². The second-order valence-electron chi connectivity index (χ2n) is 9.69. The average molecular weight is 563 g/mol. The van der Waals surface area contributed by atoms with E-state index >= 15 is 0 Å². The number of carboxylic acid groups (broad SMARTS) is 1. The van der Waals surface area contributed by atoms with E-state index in [-0.39, 0.29) is 30.9 Å². The van der Waals surface area contributed by atoms with Gasteiger partial charge in [0, 0.05) is 24.7 Å². The first-order valence-corrected chi connectivity index (χ1v) is 14.0. The number of hydrogen-bond donors (Lipinski definition) is 7. The first-order chi connectivity index (χ1) is 18.5. The third-order valence-corrected chi connectivity index (χ3v) is 6.55. The number of phenols is 1. The topological polar surface area (TPSA) is 200 Å². The van der Waals surface area contributed by atoms with Crippen molar-refractivity contribution in [1.82, 2.24) is 25.9 Å². The number of nitrogens with zero attached hydrogens (tertiary/aromatic N) is 1. The molecule has 0 bridgehead atoms. The van der Waals surface area contributed by atoms with Crippen molar-refractivity contribution in [3.8, 4) is 5.75 Å². The molecule has 2 aromatic rings. The fraction of sp³-hybridized carbons (Fsp3) is 0.500. The number of carboxylic acids is 1. The number of aromatic nitrogens is 2. The molecule has 0 aliphatic rings. The predicted molar refractivity (Wildman–Crippen MR) is 148 cm³/mol. The Bertz CT molecular complexity index is 1080. The van der Waals surface area contributed by atoms with Crippen molar-refractivity contribution in [2.45, 2.75) is 63.7 Å². The number of benzene rings is 1. The zero-order chi connectivity index (χ0) is 28.9. The molecule has 0 spiro atoms. The third-order valence-electron chi connectivity index (χ3n) is 5.91. The fourth-order valence-electron chi connectivity index (χ4n) is 3.84. The molecule has 1 aromatic heterocycles. The van der Waals surface area contributed by atoms with Gasteiger partial charge in [-0.15, -0.1) is 0 Å². The Hall–Kier alpha value is -3.58. The maximum atomic E-state index is 13.4. The molecule has 214 valence electrons. The van der Waals surface area contributed by atoms with Gasteiger partial charge in [0.2, 0.25) is 17.7 Å². The quantitative estimate of drug-likeness (QED) is 0.153. The average Bonchev–Trinajstić information content (AvgIpc) is 3.39. The van der Waals surface area contributed by atoms with Crippen molar-refractivity contribution in [2.24, 2.45) is 11.7 Å². The summed E-state index contributed by atoms with van der Waals surface area (Å²) in [6.07, 6.45) is 5.45. The number of aromatic amines is 1. The van der Waals surface area contributed by atoms with Crippen LogP contribution in [0, 0.1) is 5.92 Å². The summed E-state index contributed by atoms with van der Waals surface area (Å²) in [5.74, 6) is -2.27. The Morgan fingerprint density at radius 3 is 2.15 bits per heavy atom. The number of nitrogens with one attached hydrogen (secondary N) is 4. The van der Waals surface area contributed by atoms with E-state index in [0.29, 0.717) is 23.4 Å². The van der Waals surface area contributed by atoms with Gasteiger partial charge in [0.15, 0.2) is 0 Å². The number of rotatable bonds is 16. The van der Waals surface area contributed by atoms with Crippen LogP contribution in [0.15, 0.2) is 36.8 Å². The molecular formula is C26H38N6O6S. The normalized spacial score (nSPS) is 14.2. The van der Waals surface area contributed by atoms with Gasteiger partial charge >= 0.3 is 5.97 Å². The van der Waals surface area contributed by atoms with Crippen molar-refractivity contribution in [1.29, 1.82) is 0 Å². The highest BCUT2D eigenvalue weighted by Gasteiger charge is 2.30. The van der Waals surface area contributed by atoms with Gasteiger partial charge in [-0.3, -0.25) is 14.4 Å². The second-order valence-corrected chi connectivity index (χ2v) is 10.7. The molecule has 0 saturated carbocycles. The van der Waals surface area contributed by atoms with Gasteiger partial charge in [0.1, 0.15) is 23.9 Å². The molecule has 1 heterocycles. The van der Waals surface area contributed by atoms with Gasteiger partial charge in [-0.05, 0) is 48.5 Å². The van der Waals surface area contributed by atoms with E-state index in [1.165, 1.54) is 36.4 Å². The van der Waals surface area contributed by atoms with Crippen LogP contribution in [0.25, 0.3) is 0 Å². The number of imidazole rings is 1. The second kappa shape index (κ2) is 15.7. The van der Waals surface area contributed by atoms with E-state index in [1.807, 2.05) is 20.1 Å². The summed E-state index contributed by atoms with van der Waals surface area (Å²) < 4.78 is 0. The number of aliphatic carboxylic acids is 1. The molecule has 0 aliphatic carbocycles. The minimum Gasteiger partial charge on any atom is -0.508 e. The van der Waals surface area contributed by atoms with Gasteiger partial charge in [0.05, 0.1) is 12.4 Å². The maximum Gasteiger partial charge on any atom is 0.326 e. The third kappa shape index (κ3) is 11.0. The van der Waals surface area contributed by atoms with Crippen molar-refractivity contribution >= 4 is 35.5 Å². The van der Waals surface area contributed by atoms with Crippen LogP contribution in [0.2, 0.25) is 0 Å². The summed E-state index contributed by atoms with van der Waals surface area (Å²) in [5.41, 5.74) is 7.22. The largest absolute Gasteiger partial charge is 0.508 e. The standard InChI is InChI=1S/C26H38N6O6S/c1-15(2)10-19(27)23(34)31-21(11-16-4-6-18(33)7-5-16)25(36)30-20(8-9-39-3)24(35)32-22(26(37)38)12-17-13-28-14-29-17/h4-7,13-15,19-22,33H,8-12,27H2,1-3H3,(H,28,29)(H,30,36)(H,31,34)(H,32,35)(H,37,38). The maximum absolute atomic E-state index is 13.4. The Balaban J connectivity index is 2.21. The summed E-state index contributed by atoms with van der Waals surface area (Å²) in [6, 6.07) is 2.01. The van der Waals surface area contributed by atoms with E-state index in [2.05, 4.69) is 25.9 Å². The Morgan fingerprint density at radius 1 is 0.974 bits per heavy atom. The molecule has 0 aliphatic heterocycles. The number of carbonyl (C=O) groups excluding carboxylic acids is 3. The molecule has 0 radical (unpaired) electrons. The highest BCUT2D eigenvalue weighted by molar-refractivity contribution is 7.98. The van der Waals surface area contributed by atoms with Crippen molar-refractivity contribution in [3.63, 3.8) is 0 Å². The molecule has 0 saturated heterocycles. The molecule has 0 fully saturated rings. The zero-order valence-corrected chi connectivity index (χ0v) is 23.2. The number of carbonyl (C=O) groups is 4. The smallest absolute Gasteiger partial charge is 0.326 e. The van der Waals surface area contributed by atoms with E-state index < -0.39 is 47.9 Å². The minimum atomic E-state index is -1.24. The van der Waals surface area contributed by atoms with E-state index in [0.717, 1.165) is 0 Å². The van der Waals surface area contributed by atoms with E-state index in [4.69, 9.17) is 5.73 Å². The van der Waals surface area contributed by atoms with Gasteiger partial charge in [-0.2, -0.15) is 11.8 Å². The molecule has 39 heavy (non-hydrogen) atoms. The monoisotopic (exact) mass is 562 g/mol. The lowest BCUT2D eigenvalue weighted by molar-refractivity contribution is -0.142. The lowest BCUT2D eigenvalue weighted by Gasteiger charge is -2.25. The summed E-state index contributed by atoms with van der Waals surface area (Å²) in [6.45, 7) is 3.86. The summed E-state index contributed by atoms with van der Waals surface area (Å²) in [5, 5.41) is 27.1.